The molecule has 19 nitrogen and oxygen atoms in total. The number of ether oxygens (including phenoxy) is 7. The summed E-state index contributed by atoms with van der Waals surface area (Å²) in [6.45, 7) is 54.7. The Bertz CT molecular complexity index is 2420. The van der Waals surface area contributed by atoms with Crippen molar-refractivity contribution in [1.29, 1.82) is 0 Å². The van der Waals surface area contributed by atoms with Crippen LogP contribution in [0.25, 0.3) is 0 Å². The minimum atomic E-state index is -1.01. The van der Waals surface area contributed by atoms with E-state index < -0.39 is 61.6 Å². The van der Waals surface area contributed by atoms with E-state index in [9.17, 15) is 15.3 Å². The molecule has 0 spiro atoms. The van der Waals surface area contributed by atoms with Crippen molar-refractivity contribution in [1.82, 2.24) is 0 Å². The van der Waals surface area contributed by atoms with E-state index in [-0.39, 0.29) is 183 Å². The lowest BCUT2D eigenvalue weighted by molar-refractivity contribution is -0.0255. The number of aliphatic hydroxyl groups excluding tert-OH is 7. The molecule has 0 aliphatic carbocycles. The first kappa shape index (κ1) is 165. The van der Waals surface area contributed by atoms with E-state index in [2.05, 4.69) is 113 Å². The monoisotopic (exact) mass is 1650 g/mol. The summed E-state index contributed by atoms with van der Waals surface area (Å²) in [5.41, 5.74) is -7.79. The summed E-state index contributed by atoms with van der Waals surface area (Å²) >= 11 is 0. The smallest absolute Gasteiger partial charge is 0.126 e. The highest BCUT2D eigenvalue weighted by Gasteiger charge is 2.30. The van der Waals surface area contributed by atoms with E-state index in [1.54, 1.807) is 76.2 Å². The molecular weight excluding hydrogens is 1450 g/mol. The molecule has 0 heterocycles. The fourth-order valence-corrected chi connectivity index (χ4v) is 8.30. The van der Waals surface area contributed by atoms with Crippen LogP contribution in [-0.4, -0.2) is 215 Å². The molecule has 7 unspecified atom stereocenters. The van der Waals surface area contributed by atoms with Crippen LogP contribution in [0.5, 0.6) is 0 Å². The minimum absolute atomic E-state index is 0. The molecular formula is C95H202O19. The van der Waals surface area contributed by atoms with Crippen LogP contribution in [0, 0.1) is 113 Å². The van der Waals surface area contributed by atoms with Crippen LogP contribution in [0.2, 0.25) is 0 Å². The normalized spacial score (nSPS) is 13.6. The number of rotatable bonds is 33. The van der Waals surface area contributed by atoms with Gasteiger partial charge < -0.3 is 94.4 Å². The second-order valence-electron chi connectivity index (χ2n) is 30.0. The van der Waals surface area contributed by atoms with E-state index >= 15 is 0 Å². The van der Waals surface area contributed by atoms with Gasteiger partial charge in [0.15, 0.2) is 0 Å². The Labute approximate surface area is 713 Å². The molecule has 0 rings (SSSR count). The number of allylic oxidation sites excluding steroid dienone is 1. The largest absolute Gasteiger partial charge is 0.498 e. The van der Waals surface area contributed by atoms with Crippen LogP contribution in [0.15, 0.2) is 11.8 Å². The fraction of sp³-hybridized carbons (Fsp3) is 0.832. The quantitative estimate of drug-likeness (QED) is 0.0165. The van der Waals surface area contributed by atoms with E-state index in [1.807, 2.05) is 76.2 Å². The van der Waals surface area contributed by atoms with Crippen molar-refractivity contribution >= 4 is 0 Å². The summed E-state index contributed by atoms with van der Waals surface area (Å²) in [6, 6.07) is 0. The van der Waals surface area contributed by atoms with Crippen molar-refractivity contribution in [2.45, 2.75) is 404 Å². The molecule has 0 amide bonds. The fourth-order valence-electron chi connectivity index (χ4n) is 8.30. The maximum atomic E-state index is 10.00. The van der Waals surface area contributed by atoms with Crippen molar-refractivity contribution in [3.63, 3.8) is 0 Å². The number of hydrogen-bond acceptors (Lipinski definition) is 19. The lowest BCUT2D eigenvalue weighted by Crippen LogP contribution is -2.34. The Kier molecular flexibility index (Phi) is 125. The zero-order chi connectivity index (χ0) is 80.0. The molecule has 0 bridgehead atoms. The first-order valence-electron chi connectivity index (χ1n) is 35.1. The summed E-state index contributed by atoms with van der Waals surface area (Å²) in [4.78, 5) is 0. The zero-order valence-electron chi connectivity index (χ0n) is 67.7. The van der Waals surface area contributed by atoms with Gasteiger partial charge in [0.2, 0.25) is 0 Å². The van der Waals surface area contributed by atoms with Crippen LogP contribution in [0.4, 0.5) is 0 Å². The zero-order valence-corrected chi connectivity index (χ0v) is 67.7. The van der Waals surface area contributed by atoms with Crippen molar-refractivity contribution in [3.8, 4) is 83.9 Å². The second kappa shape index (κ2) is 86.6. The molecule has 7 atom stereocenters. The van der Waals surface area contributed by atoms with Gasteiger partial charge >= 0.3 is 0 Å². The van der Waals surface area contributed by atoms with Gasteiger partial charge in [-0.15, -0.1) is 12.8 Å². The molecule has 0 radical (unpaired) electrons. The Hall–Kier alpha value is -4.26. The molecule has 0 fully saturated rings. The third-order valence-corrected chi connectivity index (χ3v) is 12.6. The topological polar surface area (TPSA) is 307 Å². The molecule has 0 aliphatic heterocycles. The average Bonchev–Trinajstić information content (AvgIpc) is 0.862. The van der Waals surface area contributed by atoms with Crippen molar-refractivity contribution in [2.24, 2.45) is 29.6 Å². The summed E-state index contributed by atoms with van der Waals surface area (Å²) in [5.74, 6) is 35.9. The van der Waals surface area contributed by atoms with Gasteiger partial charge in [0, 0.05) is 5.57 Å². The molecule has 696 valence electrons. The molecule has 0 aromatic rings. The number of aliphatic hydroxyl groups is 12. The highest BCUT2D eigenvalue weighted by molar-refractivity contribution is 5.23. The third kappa shape index (κ3) is 119. The van der Waals surface area contributed by atoms with Gasteiger partial charge in [0.1, 0.15) is 68.2 Å². The van der Waals surface area contributed by atoms with E-state index in [4.69, 9.17) is 92.0 Å². The highest BCUT2D eigenvalue weighted by Crippen LogP contribution is 2.26. The Morgan fingerprint density at radius 2 is 0.509 bits per heavy atom. The Balaban J connectivity index is -0.0000000464. The first-order valence-corrected chi connectivity index (χ1v) is 35.1. The molecule has 0 aromatic heterocycles. The van der Waals surface area contributed by atoms with E-state index in [1.165, 1.54) is 6.26 Å². The van der Waals surface area contributed by atoms with Gasteiger partial charge in [0.05, 0.1) is 92.2 Å². The minimum Gasteiger partial charge on any atom is -0.498 e. The predicted molar refractivity (Wildman–Crippen MR) is 500 cm³/mol. The van der Waals surface area contributed by atoms with Gasteiger partial charge in [-0.25, -0.2) is 0 Å². The van der Waals surface area contributed by atoms with E-state index in [0.717, 1.165) is 37.7 Å². The van der Waals surface area contributed by atoms with Crippen LogP contribution in [-0.2, 0) is 33.2 Å². The molecule has 12 N–H and O–H groups in total. The standard InChI is InChI=1S/C18H34O4.C14H26O4.C14H26O2.C10H18O3.C10H18O2.C8H14O2.C7H10O2.14CH4/c1-15(2)13-17(5,21-11-9-19)7-8-18(6,14-16(3)4)22-12-10-20;1-5-13(3,17-11-9-15)7-8-14(4,6-2)18-12-10-16;1-11(2)9-13(5,15)7-8-14(6,16)10-12(3)4;1-9(2,12)5-6-10(3,4)13-8-7-11;1-5-10(4,8-9(2)3)12-7-6-11;1-7(2,9)5-6-8(3,4)10;1-3-7(2)6-9-5-4-8;;;;;;;;;;;;;;/h15-16,19-20H,9-14H2,1-6H3;15-16H,5-6,9-12H2,1-4H3;11-12,15-16H,9-10H2,1-6H3;11-12H,7-8H2,1-4H3;1,9,11H,6-8H2,2-4H3;9-10H,1-4H3;1,6,8H,4-5H2,2H3;14*1H4/b;;;;;;7-6-;;;;;;;;;;;;;;. The molecule has 114 heavy (non-hydrogen) atoms. The van der Waals surface area contributed by atoms with Crippen LogP contribution in [0.1, 0.15) is 343 Å². The van der Waals surface area contributed by atoms with Gasteiger partial charge in [-0.05, 0) is 185 Å². The van der Waals surface area contributed by atoms with Crippen molar-refractivity contribution < 1.29 is 94.4 Å². The summed E-state index contributed by atoms with van der Waals surface area (Å²) in [5, 5.41) is 108. The number of terminal acetylenes is 2. The molecule has 0 aromatic carbocycles. The number of hydrogen-bond donors (Lipinski definition) is 12. The summed E-state index contributed by atoms with van der Waals surface area (Å²) < 4.78 is 38.0. The predicted octanol–water partition coefficient (Wildman–Crippen LogP) is 18.5. The first-order chi connectivity index (χ1) is 45.5. The molecule has 0 saturated heterocycles. The Morgan fingerprint density at radius 3 is 0.719 bits per heavy atom. The van der Waals surface area contributed by atoms with Gasteiger partial charge in [0.25, 0.3) is 0 Å². The summed E-state index contributed by atoms with van der Waals surface area (Å²) in [6.07, 6.45) is 16.9. The van der Waals surface area contributed by atoms with Gasteiger partial charge in [-0.3, -0.25) is 0 Å². The van der Waals surface area contributed by atoms with Crippen LogP contribution in [0.3, 0.4) is 0 Å². The van der Waals surface area contributed by atoms with E-state index in [0.29, 0.717) is 55.6 Å². The third-order valence-electron chi connectivity index (χ3n) is 12.6. The maximum Gasteiger partial charge on any atom is 0.126 e. The van der Waals surface area contributed by atoms with Crippen LogP contribution >= 0.6 is 0 Å². The van der Waals surface area contributed by atoms with Gasteiger partial charge in [-0.1, -0.05) is 258 Å². The maximum absolute atomic E-state index is 10.00. The Morgan fingerprint density at radius 1 is 0.298 bits per heavy atom. The highest BCUT2D eigenvalue weighted by atomic mass is 16.5. The average molecular weight is 1650 g/mol. The SMILES string of the molecule is C.C.C.C.C.C.C.C.C.C.C.C.C.C.C#C/C(C)=C\OCCO.C#CC(C)(CC(C)C)OCCO.CC(C)(O)C#CC(C)(C)O.CC(C)(O)C#CC(C)(C)OCCO.CC(C)CC(C)(C#CC(C)(CC(C)C)OCCO)OCCO.CC(C)CC(C)(O)C#CC(C)(O)CC(C)C.CCC(C)(C#CC(C)(CC)OCCO)OCCO. The molecule has 0 aliphatic rings. The molecule has 19 heteroatoms. The van der Waals surface area contributed by atoms with Crippen LogP contribution < -0.4 is 0 Å². The lowest BCUT2D eigenvalue weighted by atomic mass is 9.90. The summed E-state index contributed by atoms with van der Waals surface area (Å²) in [7, 11) is 0. The van der Waals surface area contributed by atoms with Crippen molar-refractivity contribution in [3.05, 3.63) is 11.8 Å². The lowest BCUT2D eigenvalue weighted by Gasteiger charge is -2.29. The molecule has 0 saturated carbocycles. The second-order valence-corrected chi connectivity index (χ2v) is 30.0. The van der Waals surface area contributed by atoms with Gasteiger partial charge in [-0.2, -0.15) is 0 Å². The van der Waals surface area contributed by atoms with Crippen molar-refractivity contribution in [2.75, 3.05) is 92.5 Å².